The van der Waals surface area contributed by atoms with Crippen LogP contribution in [0.15, 0.2) is 11.4 Å². The average molecular weight is 363 g/mol. The number of carbonyl (C=O) groups excluding carboxylic acids is 1. The largest absolute Gasteiger partial charge is 0.349 e. The lowest BCUT2D eigenvalue weighted by atomic mass is 9.79. The van der Waals surface area contributed by atoms with Crippen LogP contribution in [-0.2, 0) is 0 Å². The van der Waals surface area contributed by atoms with E-state index in [1.54, 1.807) is 11.3 Å². The lowest BCUT2D eigenvalue weighted by Gasteiger charge is -2.32. The Morgan fingerprint density at radius 1 is 1.41 bits per heavy atom. The smallest absolute Gasteiger partial charge is 0.252 e. The van der Waals surface area contributed by atoms with Crippen LogP contribution in [0.5, 0.6) is 0 Å². The van der Waals surface area contributed by atoms with Crippen molar-refractivity contribution in [3.63, 3.8) is 0 Å². The topological polar surface area (TPSA) is 29.1 Å². The Bertz CT molecular complexity index is 404. The predicted molar refractivity (Wildman–Crippen MR) is 80.5 cm³/mol. The number of halogens is 1. The van der Waals surface area contributed by atoms with Crippen molar-refractivity contribution in [1.29, 1.82) is 0 Å². The molecule has 0 bridgehead atoms. The lowest BCUT2D eigenvalue weighted by molar-refractivity contribution is 0.0911. The standard InChI is InChI=1S/C13H18INOS/c1-8-3-4-11(5-9(8)2)15-13(16)10-6-12(14)17-7-10/h6-9,11H,3-5H2,1-2H3,(H,15,16). The van der Waals surface area contributed by atoms with Crippen molar-refractivity contribution in [3.05, 3.63) is 19.9 Å². The van der Waals surface area contributed by atoms with Crippen LogP contribution in [0, 0.1) is 14.7 Å². The third-order valence-corrected chi connectivity index (χ3v) is 5.55. The highest BCUT2D eigenvalue weighted by molar-refractivity contribution is 14.1. The summed E-state index contributed by atoms with van der Waals surface area (Å²) in [6.07, 6.45) is 3.47. The summed E-state index contributed by atoms with van der Waals surface area (Å²) in [6, 6.07) is 2.32. The summed E-state index contributed by atoms with van der Waals surface area (Å²) in [5.41, 5.74) is 0.811. The van der Waals surface area contributed by atoms with Gasteiger partial charge in [0, 0.05) is 11.4 Å². The molecule has 4 heteroatoms. The fraction of sp³-hybridized carbons (Fsp3) is 0.615. The highest BCUT2D eigenvalue weighted by atomic mass is 127. The van der Waals surface area contributed by atoms with Crippen LogP contribution in [-0.4, -0.2) is 11.9 Å². The first-order chi connectivity index (χ1) is 8.06. The van der Waals surface area contributed by atoms with Crippen molar-refractivity contribution in [2.45, 2.75) is 39.2 Å². The van der Waals surface area contributed by atoms with Crippen LogP contribution in [0.2, 0.25) is 0 Å². The van der Waals surface area contributed by atoms with Crippen molar-refractivity contribution in [2.75, 3.05) is 0 Å². The van der Waals surface area contributed by atoms with E-state index >= 15 is 0 Å². The fourth-order valence-electron chi connectivity index (χ4n) is 2.38. The average Bonchev–Trinajstić information content (AvgIpc) is 2.70. The van der Waals surface area contributed by atoms with Gasteiger partial charge in [0.2, 0.25) is 0 Å². The molecule has 2 rings (SSSR count). The molecule has 0 radical (unpaired) electrons. The van der Waals surface area contributed by atoms with Crippen LogP contribution in [0.3, 0.4) is 0 Å². The van der Waals surface area contributed by atoms with Gasteiger partial charge in [-0.2, -0.15) is 0 Å². The van der Waals surface area contributed by atoms with Gasteiger partial charge in [0.25, 0.3) is 5.91 Å². The third-order valence-electron chi connectivity index (χ3n) is 3.76. The number of rotatable bonds is 2. The third kappa shape index (κ3) is 3.44. The quantitative estimate of drug-likeness (QED) is 0.794. The molecule has 2 nitrogen and oxygen atoms in total. The Balaban J connectivity index is 1.91. The normalized spacial score (nSPS) is 29.0. The van der Waals surface area contributed by atoms with Gasteiger partial charge in [-0.25, -0.2) is 0 Å². The summed E-state index contributed by atoms with van der Waals surface area (Å²) in [7, 11) is 0. The van der Waals surface area contributed by atoms with Crippen molar-refractivity contribution < 1.29 is 4.79 Å². The Hall–Kier alpha value is -0.100. The van der Waals surface area contributed by atoms with Gasteiger partial charge in [-0.15, -0.1) is 11.3 Å². The second kappa shape index (κ2) is 5.69. The van der Waals surface area contributed by atoms with E-state index in [4.69, 9.17) is 0 Å². The van der Waals surface area contributed by atoms with E-state index in [-0.39, 0.29) is 5.91 Å². The van der Waals surface area contributed by atoms with Crippen molar-refractivity contribution in [1.82, 2.24) is 5.32 Å². The molecule has 94 valence electrons. The molecule has 1 amide bonds. The van der Waals surface area contributed by atoms with Crippen molar-refractivity contribution in [3.8, 4) is 0 Å². The zero-order valence-electron chi connectivity index (χ0n) is 10.2. The first-order valence-electron chi connectivity index (χ1n) is 6.11. The van der Waals surface area contributed by atoms with E-state index < -0.39 is 0 Å². The van der Waals surface area contributed by atoms with Gasteiger partial charge in [-0.3, -0.25) is 4.79 Å². The minimum atomic E-state index is 0.0934. The molecule has 1 aromatic rings. The molecule has 1 fully saturated rings. The zero-order chi connectivity index (χ0) is 12.4. The molecule has 1 aliphatic rings. The van der Waals surface area contributed by atoms with Crippen LogP contribution < -0.4 is 5.32 Å². The molecule has 1 heterocycles. The maximum Gasteiger partial charge on any atom is 0.252 e. The van der Waals surface area contributed by atoms with Crippen molar-refractivity contribution >= 4 is 39.8 Å². The number of nitrogens with one attached hydrogen (secondary N) is 1. The Labute approximate surface area is 120 Å². The second-order valence-electron chi connectivity index (χ2n) is 5.08. The number of amides is 1. The molecule has 1 aliphatic carbocycles. The minimum Gasteiger partial charge on any atom is -0.349 e. The van der Waals surface area contributed by atoms with E-state index in [9.17, 15) is 4.79 Å². The molecular weight excluding hydrogens is 345 g/mol. The van der Waals surface area contributed by atoms with Gasteiger partial charge < -0.3 is 5.32 Å². The molecule has 1 N–H and O–H groups in total. The van der Waals surface area contributed by atoms with E-state index in [0.717, 1.165) is 30.2 Å². The van der Waals surface area contributed by atoms with Gasteiger partial charge >= 0.3 is 0 Å². The number of carbonyl (C=O) groups is 1. The molecule has 0 aliphatic heterocycles. The van der Waals surface area contributed by atoms with E-state index in [1.807, 2.05) is 11.4 Å². The van der Waals surface area contributed by atoms with Gasteiger partial charge in [0.1, 0.15) is 0 Å². The molecule has 0 saturated heterocycles. The van der Waals surface area contributed by atoms with Gasteiger partial charge in [0.15, 0.2) is 0 Å². The highest BCUT2D eigenvalue weighted by Crippen LogP contribution is 2.29. The van der Waals surface area contributed by atoms with Crippen LogP contribution >= 0.6 is 33.9 Å². The first-order valence-corrected chi connectivity index (χ1v) is 8.07. The van der Waals surface area contributed by atoms with Crippen LogP contribution in [0.4, 0.5) is 0 Å². The molecule has 3 unspecified atom stereocenters. The summed E-state index contributed by atoms with van der Waals surface area (Å²) in [6.45, 7) is 4.60. The molecule has 3 atom stereocenters. The molecular formula is C13H18INOS. The van der Waals surface area contributed by atoms with Gasteiger partial charge in [-0.05, 0) is 59.8 Å². The lowest BCUT2D eigenvalue weighted by Crippen LogP contribution is -2.39. The van der Waals surface area contributed by atoms with Gasteiger partial charge in [-0.1, -0.05) is 13.8 Å². The van der Waals surface area contributed by atoms with Crippen LogP contribution in [0.25, 0.3) is 0 Å². The van der Waals surface area contributed by atoms with E-state index in [1.165, 1.54) is 9.30 Å². The Kier molecular flexibility index (Phi) is 4.47. The summed E-state index contributed by atoms with van der Waals surface area (Å²) < 4.78 is 1.17. The maximum atomic E-state index is 12.0. The monoisotopic (exact) mass is 363 g/mol. The summed E-state index contributed by atoms with van der Waals surface area (Å²) >= 11 is 3.87. The molecule has 1 aromatic heterocycles. The SMILES string of the molecule is CC1CCC(NC(=O)c2csc(I)c2)CC1C. The Morgan fingerprint density at radius 3 is 2.76 bits per heavy atom. The number of hydrogen-bond acceptors (Lipinski definition) is 2. The first kappa shape index (κ1) is 13.3. The molecule has 0 spiro atoms. The second-order valence-corrected chi connectivity index (χ2v) is 7.88. The zero-order valence-corrected chi connectivity index (χ0v) is 13.2. The maximum absolute atomic E-state index is 12.0. The molecule has 17 heavy (non-hydrogen) atoms. The molecule has 0 aromatic carbocycles. The van der Waals surface area contributed by atoms with E-state index in [2.05, 4.69) is 41.8 Å². The predicted octanol–water partition coefficient (Wildman–Crippen LogP) is 3.91. The van der Waals surface area contributed by atoms with E-state index in [0.29, 0.717) is 6.04 Å². The van der Waals surface area contributed by atoms with Crippen LogP contribution in [0.1, 0.15) is 43.5 Å². The minimum absolute atomic E-state index is 0.0934. The number of thiophene rings is 1. The summed E-state index contributed by atoms with van der Waals surface area (Å²) in [5, 5.41) is 5.10. The fourth-order valence-corrected chi connectivity index (χ4v) is 3.70. The summed E-state index contributed by atoms with van der Waals surface area (Å²) in [5.74, 6) is 1.61. The highest BCUT2D eigenvalue weighted by Gasteiger charge is 2.25. The molecule has 1 saturated carbocycles. The summed E-state index contributed by atoms with van der Waals surface area (Å²) in [4.78, 5) is 12.0. The Morgan fingerprint density at radius 2 is 2.18 bits per heavy atom. The van der Waals surface area contributed by atoms with Gasteiger partial charge in [0.05, 0.1) is 8.45 Å². The van der Waals surface area contributed by atoms with Crippen molar-refractivity contribution in [2.24, 2.45) is 11.8 Å². The number of hydrogen-bond donors (Lipinski definition) is 1.